The van der Waals surface area contributed by atoms with Crippen LogP contribution in [-0.4, -0.2) is 26.1 Å². The van der Waals surface area contributed by atoms with Crippen LogP contribution in [0.4, 0.5) is 0 Å². The zero-order valence-corrected chi connectivity index (χ0v) is 5.22. The van der Waals surface area contributed by atoms with Gasteiger partial charge in [-0.1, -0.05) is 0 Å². The zero-order chi connectivity index (χ0) is 7.28. The van der Waals surface area contributed by atoms with Gasteiger partial charge in [-0.25, -0.2) is 18.6 Å². The number of hydrogen-bond donors (Lipinski definition) is 4. The van der Waals surface area contributed by atoms with E-state index in [4.69, 9.17) is 5.21 Å². The topological polar surface area (TPSA) is 95.5 Å². The van der Waals surface area contributed by atoms with Gasteiger partial charge in [-0.05, 0) is 0 Å². The van der Waals surface area contributed by atoms with Gasteiger partial charge in [0.2, 0.25) is 10.9 Å². The van der Waals surface area contributed by atoms with E-state index in [0.29, 0.717) is 0 Å². The summed E-state index contributed by atoms with van der Waals surface area (Å²) in [6.45, 7) is -0.435. The average Bonchev–Trinajstić information content (AvgIpc) is 1.83. The number of hydroxylamine groups is 1. The molecule has 0 aliphatic rings. The number of nitrogens with one attached hydrogen (secondary N) is 2. The van der Waals surface area contributed by atoms with Crippen molar-refractivity contribution in [1.82, 2.24) is 10.2 Å². The Morgan fingerprint density at radius 1 is 1.56 bits per heavy atom. The zero-order valence-electron chi connectivity index (χ0n) is 4.33. The Bertz CT molecular complexity index is 156. The largest absolute Gasteiger partial charge is 0.289 e. The highest BCUT2D eigenvalue weighted by Crippen LogP contribution is 1.57. The van der Waals surface area contributed by atoms with E-state index >= 15 is 0 Å². The van der Waals surface area contributed by atoms with E-state index in [0.717, 1.165) is 0 Å². The van der Waals surface area contributed by atoms with Crippen molar-refractivity contribution >= 4 is 16.8 Å². The fourth-order valence-corrected chi connectivity index (χ4v) is 0.449. The van der Waals surface area contributed by atoms with Crippen LogP contribution in [0.25, 0.3) is 0 Å². The molecule has 0 bridgehead atoms. The van der Waals surface area contributed by atoms with Crippen molar-refractivity contribution in [3.63, 3.8) is 0 Å². The molecule has 0 radical (unpaired) electrons. The number of carbonyl (C=O) groups excluding carboxylic acids is 1. The number of thiol groups is 1. The fraction of sp³-hybridized carbons (Fsp3) is 0.500. The van der Waals surface area contributed by atoms with Gasteiger partial charge in [0, 0.05) is 0 Å². The second kappa shape index (κ2) is 4.24. The van der Waals surface area contributed by atoms with E-state index in [1.165, 1.54) is 5.48 Å². The third-order valence-electron chi connectivity index (χ3n) is 0.493. The van der Waals surface area contributed by atoms with E-state index in [1.807, 2.05) is 0 Å². The summed E-state index contributed by atoms with van der Waals surface area (Å²) in [5.74, 6) is -0.797. The van der Waals surface area contributed by atoms with Gasteiger partial charge in [0.15, 0.2) is 0 Å². The summed E-state index contributed by atoms with van der Waals surface area (Å²) in [6.07, 6.45) is 0. The Balaban J connectivity index is 3.39. The summed E-state index contributed by atoms with van der Waals surface area (Å²) >= 11 is 0. The van der Waals surface area contributed by atoms with Gasteiger partial charge in [-0.3, -0.25) is 10.0 Å². The molecule has 3 N–H and O–H groups in total. The van der Waals surface area contributed by atoms with Gasteiger partial charge in [0.1, 0.15) is 0 Å². The van der Waals surface area contributed by atoms with Crippen LogP contribution in [0.1, 0.15) is 0 Å². The molecule has 0 aromatic heterocycles. The molecule has 0 saturated heterocycles. The maximum atomic E-state index is 10.0. The molecule has 9 heavy (non-hydrogen) atoms. The molecule has 0 aliphatic carbocycles. The molecule has 0 aromatic carbocycles. The minimum atomic E-state index is -2.76. The Morgan fingerprint density at radius 2 is 2.11 bits per heavy atom. The number of hydrogen-bond acceptors (Lipinski definition) is 4. The fourth-order valence-electron chi connectivity index (χ4n) is 0.176. The molecule has 0 saturated carbocycles. The van der Waals surface area contributed by atoms with E-state index in [-0.39, 0.29) is 0 Å². The first-order valence-electron chi connectivity index (χ1n) is 1.97. The van der Waals surface area contributed by atoms with Gasteiger partial charge in [-0.2, -0.15) is 0 Å². The first-order chi connectivity index (χ1) is 4.16. The van der Waals surface area contributed by atoms with Crippen LogP contribution < -0.4 is 10.2 Å². The Labute approximate surface area is 52.9 Å². The van der Waals surface area contributed by atoms with Crippen LogP contribution >= 0.6 is 0 Å². The SMILES string of the molecule is O=C(CN[SH](=O)=O)NO. The molecule has 1 amide bonds. The molecule has 0 rings (SSSR count). The summed E-state index contributed by atoms with van der Waals surface area (Å²) in [7, 11) is -2.76. The summed E-state index contributed by atoms with van der Waals surface area (Å²) in [5, 5.41) is 7.81. The predicted molar refractivity (Wildman–Crippen MR) is 28.2 cm³/mol. The third-order valence-corrected chi connectivity index (χ3v) is 0.910. The maximum absolute atomic E-state index is 10.0. The minimum Gasteiger partial charge on any atom is -0.289 e. The third kappa shape index (κ3) is 5.21. The molecule has 0 aromatic rings. The molecule has 6 nitrogen and oxygen atoms in total. The first-order valence-corrected chi connectivity index (χ1v) is 3.15. The minimum absolute atomic E-state index is 0.435. The van der Waals surface area contributed by atoms with Crippen molar-refractivity contribution in [3.05, 3.63) is 0 Å². The summed E-state index contributed by atoms with van der Waals surface area (Å²) in [6, 6.07) is 0. The van der Waals surface area contributed by atoms with Crippen LogP contribution in [-0.2, 0) is 15.7 Å². The lowest BCUT2D eigenvalue weighted by Crippen LogP contribution is -2.30. The van der Waals surface area contributed by atoms with Crippen LogP contribution in [0.2, 0.25) is 0 Å². The van der Waals surface area contributed by atoms with Gasteiger partial charge in [0.25, 0.3) is 5.91 Å². The highest BCUT2D eigenvalue weighted by atomic mass is 32.2. The number of rotatable bonds is 3. The van der Waals surface area contributed by atoms with Crippen LogP contribution in [0.5, 0.6) is 0 Å². The van der Waals surface area contributed by atoms with Crippen LogP contribution in [0.15, 0.2) is 0 Å². The number of carbonyl (C=O) groups is 1. The molecule has 54 valence electrons. The average molecular weight is 154 g/mol. The van der Waals surface area contributed by atoms with Crippen molar-refractivity contribution in [1.29, 1.82) is 0 Å². The standard InChI is InChI=1S/C2H6N2O4S/c5-2(4-6)1-3-9(7)8/h6,9H,1H2,(H,4,5)(H,3,7,8). The summed E-state index contributed by atoms with van der Waals surface area (Å²) in [5.41, 5.74) is 1.25. The van der Waals surface area contributed by atoms with Crippen LogP contribution in [0.3, 0.4) is 0 Å². The molecular weight excluding hydrogens is 148 g/mol. The summed E-state index contributed by atoms with van der Waals surface area (Å²) < 4.78 is 21.1. The van der Waals surface area contributed by atoms with E-state index < -0.39 is 23.3 Å². The van der Waals surface area contributed by atoms with Crippen molar-refractivity contribution in [2.75, 3.05) is 6.54 Å². The van der Waals surface area contributed by atoms with Crippen molar-refractivity contribution < 1.29 is 18.4 Å². The second-order valence-electron chi connectivity index (χ2n) is 1.13. The molecule has 7 heteroatoms. The smallest absolute Gasteiger partial charge is 0.258 e. The monoisotopic (exact) mass is 154 g/mol. The lowest BCUT2D eigenvalue weighted by Gasteiger charge is -1.92. The molecule has 0 aliphatic heterocycles. The lowest BCUT2D eigenvalue weighted by atomic mass is 10.7. The number of amides is 1. The Morgan fingerprint density at radius 3 is 2.44 bits per heavy atom. The Kier molecular flexibility index (Phi) is 3.93. The lowest BCUT2D eigenvalue weighted by molar-refractivity contribution is -0.127. The normalized spacial score (nSPS) is 9.56. The molecule has 0 spiro atoms. The quantitative estimate of drug-likeness (QED) is 0.207. The molecule has 0 heterocycles. The van der Waals surface area contributed by atoms with Crippen molar-refractivity contribution in [2.45, 2.75) is 0 Å². The molecule has 0 unspecified atom stereocenters. The second-order valence-corrected chi connectivity index (χ2v) is 1.96. The van der Waals surface area contributed by atoms with Gasteiger partial charge < -0.3 is 0 Å². The Hall–Kier alpha value is -0.660. The highest BCUT2D eigenvalue weighted by Gasteiger charge is 1.95. The van der Waals surface area contributed by atoms with Crippen molar-refractivity contribution in [3.8, 4) is 0 Å². The van der Waals surface area contributed by atoms with E-state index in [9.17, 15) is 13.2 Å². The first kappa shape index (κ1) is 8.34. The van der Waals surface area contributed by atoms with Gasteiger partial charge >= 0.3 is 0 Å². The van der Waals surface area contributed by atoms with Gasteiger partial charge in [0.05, 0.1) is 6.54 Å². The van der Waals surface area contributed by atoms with E-state index in [1.54, 1.807) is 4.72 Å². The van der Waals surface area contributed by atoms with Crippen LogP contribution in [0, 0.1) is 0 Å². The molecule has 0 atom stereocenters. The van der Waals surface area contributed by atoms with E-state index in [2.05, 4.69) is 0 Å². The van der Waals surface area contributed by atoms with Crippen molar-refractivity contribution in [2.24, 2.45) is 0 Å². The molecule has 0 fully saturated rings. The summed E-state index contributed by atoms with van der Waals surface area (Å²) in [4.78, 5) is 10.0. The highest BCUT2D eigenvalue weighted by molar-refractivity contribution is 7.70. The molecular formula is C2H6N2O4S. The van der Waals surface area contributed by atoms with Gasteiger partial charge in [-0.15, -0.1) is 0 Å². The maximum Gasteiger partial charge on any atom is 0.258 e. The predicted octanol–water partition coefficient (Wildman–Crippen LogP) is -2.39.